The SMILES string of the molecule is Cc1nc(SCC(=O)OCc2cc(=O)n3c(n2)sc2ccccc23)c(C#N)c(C)c1C. The average Bonchev–Trinajstić information content (AvgIpc) is 3.13. The number of carbonyl (C=O) groups excluding carboxylic acids is 1. The smallest absolute Gasteiger partial charge is 0.316 e. The second-order valence-corrected chi connectivity index (χ2v) is 8.94. The van der Waals surface area contributed by atoms with Gasteiger partial charge in [0.1, 0.15) is 17.7 Å². The summed E-state index contributed by atoms with van der Waals surface area (Å²) in [7, 11) is 0. The molecule has 9 heteroatoms. The van der Waals surface area contributed by atoms with Crippen LogP contribution in [0.15, 0.2) is 40.2 Å². The van der Waals surface area contributed by atoms with Crippen molar-refractivity contribution >= 4 is 44.2 Å². The van der Waals surface area contributed by atoms with Crippen LogP contribution in [0.2, 0.25) is 0 Å². The van der Waals surface area contributed by atoms with Gasteiger partial charge < -0.3 is 4.74 Å². The number of hydrogen-bond acceptors (Lipinski definition) is 8. The lowest BCUT2D eigenvalue weighted by Gasteiger charge is -2.11. The van der Waals surface area contributed by atoms with E-state index in [0.29, 0.717) is 21.2 Å². The number of rotatable bonds is 5. The van der Waals surface area contributed by atoms with Crippen LogP contribution in [0.5, 0.6) is 0 Å². The first kappa shape index (κ1) is 21.0. The first-order valence-corrected chi connectivity index (χ1v) is 11.3. The number of fused-ring (bicyclic) bond motifs is 3. The molecular formula is C22H18N4O3S2. The topological polar surface area (TPSA) is 97.3 Å². The molecule has 0 aliphatic rings. The summed E-state index contributed by atoms with van der Waals surface area (Å²) in [5.41, 5.74) is 4.14. The van der Waals surface area contributed by atoms with Gasteiger partial charge in [-0.2, -0.15) is 5.26 Å². The molecule has 0 saturated carbocycles. The standard InChI is InChI=1S/C22H18N4O3S2/c1-12-13(2)16(9-23)21(24-14(12)3)30-11-20(28)29-10-15-8-19(27)26-17-6-4-5-7-18(17)31-22(26)25-15/h4-8H,10-11H2,1-3H3. The second-order valence-electron chi connectivity index (χ2n) is 6.96. The van der Waals surface area contributed by atoms with Crippen LogP contribution in [0.25, 0.3) is 15.2 Å². The Labute approximate surface area is 186 Å². The minimum absolute atomic E-state index is 0.00767. The van der Waals surface area contributed by atoms with Crippen molar-refractivity contribution in [3.8, 4) is 6.07 Å². The third kappa shape index (κ3) is 4.04. The zero-order chi connectivity index (χ0) is 22.1. The maximum Gasteiger partial charge on any atom is 0.316 e. The Morgan fingerprint density at radius 2 is 2.00 bits per heavy atom. The highest BCUT2D eigenvalue weighted by atomic mass is 32.2. The Hall–Kier alpha value is -3.22. The molecule has 0 spiro atoms. The Balaban J connectivity index is 1.46. The number of ether oxygens (including phenoxy) is 1. The van der Waals surface area contributed by atoms with Gasteiger partial charge in [0.2, 0.25) is 0 Å². The fraction of sp³-hybridized carbons (Fsp3) is 0.227. The number of para-hydroxylation sites is 1. The second kappa shape index (κ2) is 8.49. The number of hydrogen-bond donors (Lipinski definition) is 0. The van der Waals surface area contributed by atoms with Crippen LogP contribution in [0.1, 0.15) is 28.1 Å². The highest BCUT2D eigenvalue weighted by Gasteiger charge is 2.15. The van der Waals surface area contributed by atoms with Crippen LogP contribution in [0.4, 0.5) is 0 Å². The highest BCUT2D eigenvalue weighted by Crippen LogP contribution is 2.27. The third-order valence-electron chi connectivity index (χ3n) is 5.03. The first-order valence-electron chi connectivity index (χ1n) is 9.45. The monoisotopic (exact) mass is 450 g/mol. The molecule has 0 N–H and O–H groups in total. The summed E-state index contributed by atoms with van der Waals surface area (Å²) < 4.78 is 7.82. The molecule has 0 aliphatic carbocycles. The molecule has 4 aromatic rings. The number of aromatic nitrogens is 3. The molecule has 0 bridgehead atoms. The molecule has 0 amide bonds. The van der Waals surface area contributed by atoms with Gasteiger partial charge in [-0.25, -0.2) is 9.97 Å². The van der Waals surface area contributed by atoms with Crippen molar-refractivity contribution < 1.29 is 9.53 Å². The lowest BCUT2D eigenvalue weighted by atomic mass is 10.1. The molecule has 0 aliphatic heterocycles. The van der Waals surface area contributed by atoms with Gasteiger partial charge in [-0.05, 0) is 44.0 Å². The van der Waals surface area contributed by atoms with Crippen LogP contribution in [0.3, 0.4) is 0 Å². The number of nitrogens with zero attached hydrogens (tertiary/aromatic N) is 4. The van der Waals surface area contributed by atoms with Gasteiger partial charge in [-0.3, -0.25) is 14.0 Å². The molecule has 31 heavy (non-hydrogen) atoms. The van der Waals surface area contributed by atoms with Gasteiger partial charge in [-0.15, -0.1) is 0 Å². The van der Waals surface area contributed by atoms with Crippen molar-refractivity contribution in [2.24, 2.45) is 0 Å². The number of aryl methyl sites for hydroxylation is 1. The summed E-state index contributed by atoms with van der Waals surface area (Å²) in [6.45, 7) is 5.58. The van der Waals surface area contributed by atoms with Crippen molar-refractivity contribution in [3.63, 3.8) is 0 Å². The number of benzene rings is 1. The molecule has 1 aromatic carbocycles. The summed E-state index contributed by atoms with van der Waals surface area (Å²) in [5.74, 6) is -0.460. The number of thiazole rings is 1. The largest absolute Gasteiger partial charge is 0.459 e. The van der Waals surface area contributed by atoms with Gasteiger partial charge in [0.25, 0.3) is 5.56 Å². The Morgan fingerprint density at radius 1 is 1.23 bits per heavy atom. The predicted octanol–water partition coefficient (Wildman–Crippen LogP) is 3.94. The zero-order valence-corrected chi connectivity index (χ0v) is 18.8. The van der Waals surface area contributed by atoms with Crippen LogP contribution in [0, 0.1) is 32.1 Å². The zero-order valence-electron chi connectivity index (χ0n) is 17.1. The molecule has 0 radical (unpaired) electrons. The first-order chi connectivity index (χ1) is 14.9. The molecule has 0 fully saturated rings. The molecule has 3 aromatic heterocycles. The minimum atomic E-state index is -0.468. The molecule has 4 rings (SSSR count). The van der Waals surface area contributed by atoms with E-state index < -0.39 is 5.97 Å². The third-order valence-corrected chi connectivity index (χ3v) is 7.00. The van der Waals surface area contributed by atoms with Crippen molar-refractivity contribution in [2.45, 2.75) is 32.4 Å². The maximum atomic E-state index is 12.5. The fourth-order valence-electron chi connectivity index (χ4n) is 3.17. The van der Waals surface area contributed by atoms with E-state index >= 15 is 0 Å². The number of pyridine rings is 1. The summed E-state index contributed by atoms with van der Waals surface area (Å²) in [6, 6.07) is 11.1. The van der Waals surface area contributed by atoms with Crippen LogP contribution in [-0.2, 0) is 16.1 Å². The summed E-state index contributed by atoms with van der Waals surface area (Å²) >= 11 is 2.58. The molecule has 0 atom stereocenters. The fourth-order valence-corrected chi connectivity index (χ4v) is 5.10. The summed E-state index contributed by atoms with van der Waals surface area (Å²) in [5, 5.41) is 9.96. The van der Waals surface area contributed by atoms with E-state index in [9.17, 15) is 14.9 Å². The van der Waals surface area contributed by atoms with E-state index in [2.05, 4.69) is 16.0 Å². The van der Waals surface area contributed by atoms with E-state index in [-0.39, 0.29) is 17.9 Å². The number of carbonyl (C=O) groups is 1. The minimum Gasteiger partial charge on any atom is -0.459 e. The van der Waals surface area contributed by atoms with Gasteiger partial charge in [-0.1, -0.05) is 35.2 Å². The Bertz CT molecular complexity index is 1430. The Kier molecular flexibility index (Phi) is 5.76. The number of esters is 1. The van der Waals surface area contributed by atoms with E-state index in [1.165, 1.54) is 29.2 Å². The number of nitriles is 1. The summed E-state index contributed by atoms with van der Waals surface area (Å²) in [6.07, 6.45) is 0. The van der Waals surface area contributed by atoms with Crippen molar-refractivity contribution in [2.75, 3.05) is 5.75 Å². The summed E-state index contributed by atoms with van der Waals surface area (Å²) in [4.78, 5) is 34.3. The highest BCUT2D eigenvalue weighted by molar-refractivity contribution is 7.99. The van der Waals surface area contributed by atoms with Gasteiger partial charge >= 0.3 is 5.97 Å². The maximum absolute atomic E-state index is 12.5. The average molecular weight is 451 g/mol. The molecule has 0 saturated heterocycles. The van der Waals surface area contributed by atoms with Crippen LogP contribution >= 0.6 is 23.1 Å². The Morgan fingerprint density at radius 3 is 2.77 bits per heavy atom. The van der Waals surface area contributed by atoms with Crippen molar-refractivity contribution in [3.05, 3.63) is 68.8 Å². The quantitative estimate of drug-likeness (QED) is 0.336. The van der Waals surface area contributed by atoms with Crippen LogP contribution in [-0.4, -0.2) is 26.1 Å². The normalized spacial score (nSPS) is 11.0. The van der Waals surface area contributed by atoms with Crippen molar-refractivity contribution in [1.82, 2.24) is 14.4 Å². The molecule has 156 valence electrons. The van der Waals surface area contributed by atoms with E-state index in [4.69, 9.17) is 4.74 Å². The molecule has 7 nitrogen and oxygen atoms in total. The van der Waals surface area contributed by atoms with Crippen molar-refractivity contribution in [1.29, 1.82) is 5.26 Å². The lowest BCUT2D eigenvalue weighted by Crippen LogP contribution is -2.15. The molecule has 0 unspecified atom stereocenters. The lowest BCUT2D eigenvalue weighted by molar-refractivity contribution is -0.141. The van der Waals surface area contributed by atoms with E-state index in [1.54, 1.807) is 4.40 Å². The van der Waals surface area contributed by atoms with Gasteiger partial charge in [0, 0.05) is 11.8 Å². The van der Waals surface area contributed by atoms with E-state index in [1.807, 2.05) is 45.0 Å². The van der Waals surface area contributed by atoms with Gasteiger partial charge in [0.05, 0.1) is 27.2 Å². The predicted molar refractivity (Wildman–Crippen MR) is 121 cm³/mol. The molecular weight excluding hydrogens is 432 g/mol. The van der Waals surface area contributed by atoms with Gasteiger partial charge in [0.15, 0.2) is 4.96 Å². The molecule has 3 heterocycles. The number of thioether (sulfide) groups is 1. The van der Waals surface area contributed by atoms with E-state index in [0.717, 1.165) is 27.0 Å². The van der Waals surface area contributed by atoms with Crippen LogP contribution < -0.4 is 5.56 Å².